The van der Waals surface area contributed by atoms with Crippen molar-refractivity contribution in [3.8, 4) is 5.75 Å². The van der Waals surface area contributed by atoms with E-state index in [1.54, 1.807) is 12.0 Å². The first-order valence-corrected chi connectivity index (χ1v) is 9.22. The fourth-order valence-electron chi connectivity index (χ4n) is 3.00. The Balaban J connectivity index is 1.74. The third kappa shape index (κ3) is 3.91. The number of aromatic nitrogens is 2. The number of rotatable bonds is 5. The maximum atomic E-state index is 5.49. The van der Waals surface area contributed by atoms with Crippen LogP contribution in [0.4, 0.5) is 10.8 Å². The predicted octanol–water partition coefficient (Wildman–Crippen LogP) is 2.84. The van der Waals surface area contributed by atoms with Crippen molar-refractivity contribution in [2.45, 2.75) is 38.9 Å². The lowest BCUT2D eigenvalue weighted by Gasteiger charge is -2.29. The maximum absolute atomic E-state index is 5.49. The van der Waals surface area contributed by atoms with E-state index in [0.717, 1.165) is 27.2 Å². The molecule has 2 aromatic rings. The van der Waals surface area contributed by atoms with E-state index in [2.05, 4.69) is 17.3 Å². The Bertz CT molecular complexity index is 712. The van der Waals surface area contributed by atoms with Crippen LogP contribution in [0, 0.1) is 3.95 Å². The molecule has 1 unspecified atom stereocenters. The number of quaternary nitrogens is 1. The molecule has 2 heterocycles. The minimum atomic E-state index is 0.679. The van der Waals surface area contributed by atoms with Crippen LogP contribution in [0.15, 0.2) is 24.3 Å². The number of anilines is 2. The molecular formula is C16H23N4OS2+. The van der Waals surface area contributed by atoms with Crippen LogP contribution in [0.3, 0.4) is 0 Å². The van der Waals surface area contributed by atoms with Crippen molar-refractivity contribution in [1.82, 2.24) is 9.78 Å². The molecule has 1 aromatic heterocycles. The second kappa shape index (κ2) is 7.42. The van der Waals surface area contributed by atoms with Crippen molar-refractivity contribution in [3.63, 3.8) is 0 Å². The number of ether oxygens (including phenoxy) is 1. The number of nitrogens with zero attached hydrogens (tertiary/aromatic N) is 2. The van der Waals surface area contributed by atoms with E-state index in [1.165, 1.54) is 37.1 Å². The minimum Gasteiger partial charge on any atom is -0.495 e. The van der Waals surface area contributed by atoms with Gasteiger partial charge in [0.1, 0.15) is 5.75 Å². The van der Waals surface area contributed by atoms with Gasteiger partial charge in [0, 0.05) is 0 Å². The highest BCUT2D eigenvalue weighted by Gasteiger charge is 2.22. The van der Waals surface area contributed by atoms with E-state index in [4.69, 9.17) is 17.0 Å². The Morgan fingerprint density at radius 2 is 2.26 bits per heavy atom. The lowest BCUT2D eigenvalue weighted by atomic mass is 10.0. The molecule has 2 N–H and O–H groups in total. The third-order valence-electron chi connectivity index (χ3n) is 4.39. The normalized spacial score (nSPS) is 21.1. The highest BCUT2D eigenvalue weighted by molar-refractivity contribution is 7.73. The van der Waals surface area contributed by atoms with E-state index < -0.39 is 0 Å². The molecule has 0 spiro atoms. The topological polar surface area (TPSA) is 43.5 Å². The zero-order valence-corrected chi connectivity index (χ0v) is 15.2. The van der Waals surface area contributed by atoms with E-state index in [-0.39, 0.29) is 0 Å². The van der Waals surface area contributed by atoms with Gasteiger partial charge in [0.05, 0.1) is 25.4 Å². The summed E-state index contributed by atoms with van der Waals surface area (Å²) in [6, 6.07) is 8.51. The summed E-state index contributed by atoms with van der Waals surface area (Å²) in [6.45, 7) is 4.37. The number of para-hydroxylation sites is 2. The summed E-state index contributed by atoms with van der Waals surface area (Å²) in [5, 5.41) is 8.78. The quantitative estimate of drug-likeness (QED) is 0.813. The lowest BCUT2D eigenvalue weighted by Crippen LogP contribution is -3.15. The Hall–Kier alpha value is -1.44. The first-order valence-electron chi connectivity index (χ1n) is 8.00. The molecule has 5 nitrogen and oxygen atoms in total. The van der Waals surface area contributed by atoms with Gasteiger partial charge in [0.2, 0.25) is 5.13 Å². The average molecular weight is 352 g/mol. The van der Waals surface area contributed by atoms with Crippen molar-refractivity contribution < 1.29 is 9.64 Å². The number of methoxy groups -OCH3 is 1. The highest BCUT2D eigenvalue weighted by Crippen LogP contribution is 2.28. The Kier molecular flexibility index (Phi) is 5.30. The van der Waals surface area contributed by atoms with E-state index >= 15 is 0 Å². The number of hydrogen-bond acceptors (Lipinski definition) is 5. The molecule has 2 atom stereocenters. The first kappa shape index (κ1) is 16.4. The molecule has 0 aliphatic carbocycles. The van der Waals surface area contributed by atoms with Gasteiger partial charge in [0.15, 0.2) is 10.6 Å². The van der Waals surface area contributed by atoms with Crippen LogP contribution in [0.1, 0.15) is 26.2 Å². The standard InChI is InChI=1S/C16H22N4OS2/c1-12-7-5-6-10-19(12)11-20-16(22)23-15(18-20)17-13-8-3-4-9-14(13)21-2/h3-4,8-9,12H,5-7,10-11H2,1-2H3,(H,17,18)/p+1/t12-/m0/s1. The summed E-state index contributed by atoms with van der Waals surface area (Å²) >= 11 is 7.00. The molecule has 0 amide bonds. The molecule has 1 aromatic carbocycles. The summed E-state index contributed by atoms with van der Waals surface area (Å²) in [6.07, 6.45) is 3.93. The number of likely N-dealkylation sites (tertiary alicyclic amines) is 1. The van der Waals surface area contributed by atoms with Gasteiger partial charge < -0.3 is 15.0 Å². The molecule has 1 aliphatic rings. The largest absolute Gasteiger partial charge is 0.495 e. The summed E-state index contributed by atoms with van der Waals surface area (Å²) in [5.41, 5.74) is 0.907. The second-order valence-corrected chi connectivity index (χ2v) is 7.58. The molecule has 3 rings (SSSR count). The second-order valence-electron chi connectivity index (χ2n) is 5.96. The van der Waals surface area contributed by atoms with E-state index in [9.17, 15) is 0 Å². The van der Waals surface area contributed by atoms with Crippen LogP contribution >= 0.6 is 23.6 Å². The van der Waals surface area contributed by atoms with Gasteiger partial charge in [-0.15, -0.1) is 5.10 Å². The number of benzene rings is 1. The summed E-state index contributed by atoms with van der Waals surface area (Å²) in [4.78, 5) is 1.57. The monoisotopic (exact) mass is 351 g/mol. The van der Waals surface area contributed by atoms with Crippen LogP contribution in [0.5, 0.6) is 5.75 Å². The average Bonchev–Trinajstić information content (AvgIpc) is 2.89. The van der Waals surface area contributed by atoms with Gasteiger partial charge in [-0.2, -0.15) is 4.68 Å². The van der Waals surface area contributed by atoms with Crippen LogP contribution in [0.25, 0.3) is 0 Å². The number of nitrogens with one attached hydrogen (secondary N) is 2. The van der Waals surface area contributed by atoms with Crippen molar-refractivity contribution in [3.05, 3.63) is 28.2 Å². The van der Waals surface area contributed by atoms with Crippen LogP contribution in [-0.2, 0) is 6.67 Å². The maximum Gasteiger partial charge on any atom is 0.209 e. The molecule has 7 heteroatoms. The third-order valence-corrected chi connectivity index (χ3v) is 5.61. The summed E-state index contributed by atoms with van der Waals surface area (Å²) in [7, 11) is 1.67. The van der Waals surface area contributed by atoms with Gasteiger partial charge in [0.25, 0.3) is 0 Å². The van der Waals surface area contributed by atoms with Gasteiger partial charge in [-0.25, -0.2) is 0 Å². The molecule has 1 aliphatic heterocycles. The van der Waals surface area contributed by atoms with Crippen LogP contribution in [-0.4, -0.2) is 29.5 Å². The Morgan fingerprint density at radius 1 is 1.43 bits per heavy atom. The van der Waals surface area contributed by atoms with Crippen molar-refractivity contribution in [2.75, 3.05) is 19.0 Å². The van der Waals surface area contributed by atoms with Gasteiger partial charge >= 0.3 is 0 Å². The number of piperidine rings is 1. The number of hydrogen-bond donors (Lipinski definition) is 2. The predicted molar refractivity (Wildman–Crippen MR) is 96.4 cm³/mol. The van der Waals surface area contributed by atoms with E-state index in [0.29, 0.717) is 6.04 Å². The van der Waals surface area contributed by atoms with Crippen LogP contribution in [0.2, 0.25) is 0 Å². The molecule has 0 saturated carbocycles. The van der Waals surface area contributed by atoms with Crippen LogP contribution < -0.4 is 15.0 Å². The summed E-state index contributed by atoms with van der Waals surface area (Å²) < 4.78 is 8.13. The molecular weight excluding hydrogens is 328 g/mol. The molecule has 124 valence electrons. The minimum absolute atomic E-state index is 0.679. The highest BCUT2D eigenvalue weighted by atomic mass is 32.1. The smallest absolute Gasteiger partial charge is 0.209 e. The Labute approximate surface area is 145 Å². The SMILES string of the molecule is COc1ccccc1Nc1nn(C[NH+]2CCCC[C@@H]2C)c(=S)s1. The molecule has 1 fully saturated rings. The van der Waals surface area contributed by atoms with Gasteiger partial charge in [-0.3, -0.25) is 0 Å². The Morgan fingerprint density at radius 3 is 3.04 bits per heavy atom. The van der Waals surface area contributed by atoms with Crippen molar-refractivity contribution >= 4 is 34.4 Å². The zero-order valence-electron chi connectivity index (χ0n) is 13.5. The first-order chi connectivity index (χ1) is 11.2. The summed E-state index contributed by atoms with van der Waals surface area (Å²) in [5.74, 6) is 0.801. The lowest BCUT2D eigenvalue weighted by molar-refractivity contribution is -0.950. The molecule has 0 radical (unpaired) electrons. The van der Waals surface area contributed by atoms with E-state index in [1.807, 2.05) is 28.9 Å². The fraction of sp³-hybridized carbons (Fsp3) is 0.500. The van der Waals surface area contributed by atoms with Gasteiger partial charge in [-0.05, 0) is 50.5 Å². The molecule has 0 bridgehead atoms. The molecule has 23 heavy (non-hydrogen) atoms. The molecule has 1 saturated heterocycles. The fourth-order valence-corrected chi connectivity index (χ4v) is 4.02. The van der Waals surface area contributed by atoms with Crippen molar-refractivity contribution in [1.29, 1.82) is 0 Å². The van der Waals surface area contributed by atoms with Gasteiger partial charge in [-0.1, -0.05) is 23.5 Å². The zero-order chi connectivity index (χ0) is 16.2. The van der Waals surface area contributed by atoms with Crippen molar-refractivity contribution in [2.24, 2.45) is 0 Å².